The van der Waals surface area contributed by atoms with Crippen LogP contribution >= 0.6 is 23.2 Å². The van der Waals surface area contributed by atoms with E-state index in [-0.39, 0.29) is 11.0 Å². The van der Waals surface area contributed by atoms with Crippen LogP contribution in [0.5, 0.6) is 5.75 Å². The zero-order valence-electron chi connectivity index (χ0n) is 14.2. The minimum absolute atomic E-state index is 0.0368. The molecule has 2 atom stereocenters. The molecule has 0 unspecified atom stereocenters. The van der Waals surface area contributed by atoms with Crippen molar-refractivity contribution in [1.82, 2.24) is 0 Å². The molecule has 3 N–H and O–H groups in total. The van der Waals surface area contributed by atoms with Gasteiger partial charge in [0.05, 0.1) is 35.9 Å². The molecule has 4 nitrogen and oxygen atoms in total. The second-order valence-corrected chi connectivity index (χ2v) is 7.73. The Kier molecular flexibility index (Phi) is 5.75. The maximum absolute atomic E-state index is 14.5. The summed E-state index contributed by atoms with van der Waals surface area (Å²) in [5.74, 6) is -0.185. The number of hydrogen-bond donors (Lipinski definition) is 2. The van der Waals surface area contributed by atoms with Crippen LogP contribution < -0.4 is 10.5 Å². The van der Waals surface area contributed by atoms with Crippen LogP contribution in [0, 0.1) is 11.2 Å². The molecule has 26 heavy (non-hydrogen) atoms. The van der Waals surface area contributed by atoms with Crippen LogP contribution in [0.4, 0.5) is 4.39 Å². The van der Waals surface area contributed by atoms with E-state index >= 15 is 0 Å². The van der Waals surface area contributed by atoms with E-state index in [1.54, 1.807) is 24.3 Å². The molecule has 2 aromatic carbocycles. The molecule has 0 aromatic heterocycles. The zero-order valence-corrected chi connectivity index (χ0v) is 15.7. The second kappa shape index (κ2) is 7.71. The molecule has 1 aliphatic heterocycles. The Balaban J connectivity index is 1.72. The number of halogens is 3. The Morgan fingerprint density at radius 1 is 1.23 bits per heavy atom. The van der Waals surface area contributed by atoms with E-state index in [0.717, 1.165) is 0 Å². The van der Waals surface area contributed by atoms with E-state index in [1.165, 1.54) is 12.1 Å². The van der Waals surface area contributed by atoms with Gasteiger partial charge in [-0.3, -0.25) is 0 Å². The van der Waals surface area contributed by atoms with E-state index in [0.29, 0.717) is 41.2 Å². The Labute approximate surface area is 161 Å². The molecule has 7 heteroatoms. The van der Waals surface area contributed by atoms with Crippen molar-refractivity contribution in [3.05, 3.63) is 63.4 Å². The summed E-state index contributed by atoms with van der Waals surface area (Å²) in [6, 6.07) is 8.30. The van der Waals surface area contributed by atoms with Crippen molar-refractivity contribution in [2.45, 2.75) is 19.1 Å². The van der Waals surface area contributed by atoms with Gasteiger partial charge in [0.1, 0.15) is 17.7 Å². The van der Waals surface area contributed by atoms with Gasteiger partial charge in [-0.2, -0.15) is 0 Å². The molecule has 0 aliphatic carbocycles. The highest BCUT2D eigenvalue weighted by Crippen LogP contribution is 2.33. The van der Waals surface area contributed by atoms with Crippen molar-refractivity contribution in [3.63, 3.8) is 0 Å². The van der Waals surface area contributed by atoms with E-state index in [4.69, 9.17) is 38.4 Å². The van der Waals surface area contributed by atoms with Gasteiger partial charge < -0.3 is 20.3 Å². The summed E-state index contributed by atoms with van der Waals surface area (Å²) in [4.78, 5) is 0. The van der Waals surface area contributed by atoms with Crippen molar-refractivity contribution in [3.8, 4) is 5.75 Å². The lowest BCUT2D eigenvalue weighted by molar-refractivity contribution is -0.120. The number of benzene rings is 2. The number of nitrogens with two attached hydrogens (primary N) is 1. The van der Waals surface area contributed by atoms with Crippen molar-refractivity contribution < 1.29 is 19.0 Å². The average Bonchev–Trinajstić information content (AvgIpc) is 2.59. The molecule has 140 valence electrons. The third-order valence-corrected chi connectivity index (χ3v) is 5.19. The second-order valence-electron chi connectivity index (χ2n) is 6.92. The van der Waals surface area contributed by atoms with Gasteiger partial charge in [-0.05, 0) is 29.8 Å². The smallest absolute Gasteiger partial charge is 0.132 e. The van der Waals surface area contributed by atoms with Gasteiger partial charge in [-0.1, -0.05) is 36.2 Å². The van der Waals surface area contributed by atoms with Crippen LogP contribution in [-0.2, 0) is 4.74 Å². The molecule has 2 aromatic rings. The predicted molar refractivity (Wildman–Crippen MR) is 99.2 cm³/mol. The molecule has 0 radical (unpaired) electrons. The van der Waals surface area contributed by atoms with Gasteiger partial charge in [0, 0.05) is 17.0 Å². The van der Waals surface area contributed by atoms with Crippen LogP contribution in [0.25, 0.3) is 0 Å². The minimum Gasteiger partial charge on any atom is -0.493 e. The van der Waals surface area contributed by atoms with E-state index in [9.17, 15) is 9.50 Å². The Bertz CT molecular complexity index is 798. The molecule has 1 saturated heterocycles. The first-order chi connectivity index (χ1) is 12.3. The molecule has 1 heterocycles. The maximum atomic E-state index is 14.5. The fourth-order valence-electron chi connectivity index (χ4n) is 2.72. The fourth-order valence-corrected chi connectivity index (χ4v) is 3.03. The summed E-state index contributed by atoms with van der Waals surface area (Å²) in [5.41, 5.74) is 6.69. The predicted octanol–water partition coefficient (Wildman–Crippen LogP) is 4.28. The van der Waals surface area contributed by atoms with Crippen LogP contribution in [0.15, 0.2) is 36.4 Å². The average molecular weight is 400 g/mol. The molecular weight excluding hydrogens is 380 g/mol. The lowest BCUT2D eigenvalue weighted by Gasteiger charge is -2.37. The first kappa shape index (κ1) is 19.4. The Hall–Kier alpha value is -1.37. The number of hydrogen-bond acceptors (Lipinski definition) is 4. The summed E-state index contributed by atoms with van der Waals surface area (Å²) < 4.78 is 25.3. The SMILES string of the molecule is CC1(COc2ccc([C@H](O)[C@H](N)c3ccc(Cl)c(Cl)c3)c(F)c2)COC1. The van der Waals surface area contributed by atoms with E-state index in [1.807, 2.05) is 6.92 Å². The topological polar surface area (TPSA) is 64.7 Å². The van der Waals surface area contributed by atoms with Crippen LogP contribution in [0.1, 0.15) is 30.2 Å². The van der Waals surface area contributed by atoms with Crippen molar-refractivity contribution in [2.24, 2.45) is 11.1 Å². The summed E-state index contributed by atoms with van der Waals surface area (Å²) in [6.45, 7) is 3.74. The highest BCUT2D eigenvalue weighted by atomic mass is 35.5. The van der Waals surface area contributed by atoms with Crippen molar-refractivity contribution in [1.29, 1.82) is 0 Å². The van der Waals surface area contributed by atoms with Gasteiger partial charge in [0.15, 0.2) is 0 Å². The van der Waals surface area contributed by atoms with Gasteiger partial charge >= 0.3 is 0 Å². The van der Waals surface area contributed by atoms with Crippen LogP contribution in [0.3, 0.4) is 0 Å². The molecule has 0 amide bonds. The lowest BCUT2D eigenvalue weighted by Crippen LogP contribution is -2.44. The zero-order chi connectivity index (χ0) is 18.9. The summed E-state index contributed by atoms with van der Waals surface area (Å²) in [7, 11) is 0. The van der Waals surface area contributed by atoms with Gasteiger partial charge in [0.2, 0.25) is 0 Å². The third kappa shape index (κ3) is 4.13. The number of aliphatic hydroxyl groups is 1. The Morgan fingerprint density at radius 3 is 2.54 bits per heavy atom. The number of rotatable bonds is 6. The molecule has 0 bridgehead atoms. The standard InChI is InChI=1S/C19H20Cl2FNO3/c1-19(8-25-9-19)10-26-12-3-4-13(16(22)7-12)18(24)17(23)11-2-5-14(20)15(21)6-11/h2-7,17-18,24H,8-10,23H2,1H3/t17-,18+/m1/s1. The van der Waals surface area contributed by atoms with Crippen molar-refractivity contribution in [2.75, 3.05) is 19.8 Å². The first-order valence-corrected chi connectivity index (χ1v) is 8.93. The first-order valence-electron chi connectivity index (χ1n) is 8.18. The van der Waals surface area contributed by atoms with Gasteiger partial charge in [0.25, 0.3) is 0 Å². The third-order valence-electron chi connectivity index (χ3n) is 4.45. The summed E-state index contributed by atoms with van der Waals surface area (Å²) in [5, 5.41) is 11.2. The van der Waals surface area contributed by atoms with Crippen LogP contribution in [0.2, 0.25) is 10.0 Å². The molecule has 0 saturated carbocycles. The van der Waals surface area contributed by atoms with Gasteiger partial charge in [-0.25, -0.2) is 4.39 Å². The maximum Gasteiger partial charge on any atom is 0.132 e. The molecule has 1 fully saturated rings. The molecule has 0 spiro atoms. The summed E-state index contributed by atoms with van der Waals surface area (Å²) >= 11 is 11.9. The quantitative estimate of drug-likeness (QED) is 0.760. The van der Waals surface area contributed by atoms with E-state index < -0.39 is 18.0 Å². The highest BCUT2D eigenvalue weighted by Gasteiger charge is 2.34. The van der Waals surface area contributed by atoms with Crippen LogP contribution in [-0.4, -0.2) is 24.9 Å². The minimum atomic E-state index is -1.24. The lowest BCUT2D eigenvalue weighted by atomic mass is 9.90. The molecule has 1 aliphatic rings. The monoisotopic (exact) mass is 399 g/mol. The summed E-state index contributed by atoms with van der Waals surface area (Å²) in [6.07, 6.45) is -1.24. The largest absolute Gasteiger partial charge is 0.493 e. The number of ether oxygens (including phenoxy) is 2. The fraction of sp³-hybridized carbons (Fsp3) is 0.368. The highest BCUT2D eigenvalue weighted by molar-refractivity contribution is 6.42. The molecular formula is C19H20Cl2FNO3. The van der Waals surface area contributed by atoms with E-state index in [2.05, 4.69) is 0 Å². The van der Waals surface area contributed by atoms with Gasteiger partial charge in [-0.15, -0.1) is 0 Å². The van der Waals surface area contributed by atoms with Crippen molar-refractivity contribution >= 4 is 23.2 Å². The molecule has 3 rings (SSSR count). The normalized spacial score (nSPS) is 18.1. The Morgan fingerprint density at radius 2 is 1.96 bits per heavy atom. The number of aliphatic hydroxyl groups excluding tert-OH is 1.